The summed E-state index contributed by atoms with van der Waals surface area (Å²) in [4.78, 5) is 16.2. The summed E-state index contributed by atoms with van der Waals surface area (Å²) in [6, 6.07) is 23.0. The number of para-hydroxylation sites is 1. The van der Waals surface area contributed by atoms with Crippen molar-refractivity contribution < 1.29 is 9.18 Å². The minimum atomic E-state index is -0.508. The minimum absolute atomic E-state index is 0.179. The number of aromatic nitrogens is 1. The number of anilines is 1. The molecule has 0 aliphatic rings. The van der Waals surface area contributed by atoms with Gasteiger partial charge < -0.3 is 15.6 Å². The molecule has 3 aromatic carbocycles. The largest absolute Gasteiger partial charge is 0.361 e. The fourth-order valence-corrected chi connectivity index (χ4v) is 3.44. The Bertz CT molecular complexity index is 1090. The van der Waals surface area contributed by atoms with E-state index in [1.165, 1.54) is 23.1 Å². The fourth-order valence-electron chi connectivity index (χ4n) is 3.44. The lowest BCUT2D eigenvalue weighted by Gasteiger charge is -2.19. The van der Waals surface area contributed by atoms with Crippen molar-refractivity contribution in [2.24, 2.45) is 0 Å². The van der Waals surface area contributed by atoms with Crippen LogP contribution in [0.15, 0.2) is 85.1 Å². The van der Waals surface area contributed by atoms with Crippen molar-refractivity contribution >= 4 is 22.5 Å². The zero-order valence-electron chi connectivity index (χ0n) is 15.9. The number of carbonyl (C=O) groups excluding carboxylic acids is 1. The monoisotopic (exact) mass is 387 g/mol. The van der Waals surface area contributed by atoms with Gasteiger partial charge >= 0.3 is 0 Å². The number of fused-ring (bicyclic) bond motifs is 1. The molecule has 146 valence electrons. The molecular weight excluding hydrogens is 365 g/mol. The lowest BCUT2D eigenvalue weighted by atomic mass is 10.0. The predicted molar refractivity (Wildman–Crippen MR) is 114 cm³/mol. The molecule has 1 aromatic heterocycles. The molecule has 29 heavy (non-hydrogen) atoms. The van der Waals surface area contributed by atoms with Crippen molar-refractivity contribution in [2.45, 2.75) is 12.5 Å². The SMILES string of the molecule is O=C(Nc1ccc(F)cc1)[C@@H](NCCc1c[nH]c2ccccc12)c1ccccc1. The highest BCUT2D eigenvalue weighted by atomic mass is 19.1. The highest BCUT2D eigenvalue weighted by Gasteiger charge is 2.20. The highest BCUT2D eigenvalue weighted by molar-refractivity contribution is 5.95. The lowest BCUT2D eigenvalue weighted by Crippen LogP contribution is -2.34. The number of hydrogen-bond acceptors (Lipinski definition) is 2. The number of halogens is 1. The molecule has 4 nitrogen and oxygen atoms in total. The normalized spacial score (nSPS) is 12.0. The molecular formula is C24H22FN3O. The first-order valence-electron chi connectivity index (χ1n) is 9.60. The molecule has 1 amide bonds. The van der Waals surface area contributed by atoms with Crippen molar-refractivity contribution in [3.8, 4) is 0 Å². The average molecular weight is 387 g/mol. The lowest BCUT2D eigenvalue weighted by molar-refractivity contribution is -0.118. The van der Waals surface area contributed by atoms with Gasteiger partial charge in [-0.2, -0.15) is 0 Å². The van der Waals surface area contributed by atoms with Gasteiger partial charge in [0.05, 0.1) is 0 Å². The summed E-state index contributed by atoms with van der Waals surface area (Å²) in [5, 5.41) is 7.43. The van der Waals surface area contributed by atoms with Gasteiger partial charge in [-0.15, -0.1) is 0 Å². The van der Waals surface area contributed by atoms with Crippen LogP contribution in [0.2, 0.25) is 0 Å². The molecule has 1 heterocycles. The number of benzene rings is 3. The number of nitrogens with one attached hydrogen (secondary N) is 3. The predicted octanol–water partition coefficient (Wildman–Crippen LogP) is 4.82. The van der Waals surface area contributed by atoms with Crippen LogP contribution in [0.1, 0.15) is 17.2 Å². The first kappa shape index (κ1) is 18.9. The summed E-state index contributed by atoms with van der Waals surface area (Å²) in [5.74, 6) is -0.513. The van der Waals surface area contributed by atoms with Crippen LogP contribution in [-0.2, 0) is 11.2 Å². The Morgan fingerprint density at radius 3 is 2.45 bits per heavy atom. The smallest absolute Gasteiger partial charge is 0.246 e. The summed E-state index contributed by atoms with van der Waals surface area (Å²) in [5.41, 5.74) is 3.76. The van der Waals surface area contributed by atoms with Crippen LogP contribution in [0.5, 0.6) is 0 Å². The van der Waals surface area contributed by atoms with Crippen molar-refractivity contribution in [2.75, 3.05) is 11.9 Å². The second-order valence-corrected chi connectivity index (χ2v) is 6.90. The van der Waals surface area contributed by atoms with Crippen LogP contribution in [-0.4, -0.2) is 17.4 Å². The van der Waals surface area contributed by atoms with Gasteiger partial charge in [0.1, 0.15) is 11.9 Å². The van der Waals surface area contributed by atoms with Gasteiger partial charge in [0, 0.05) is 29.3 Å². The second-order valence-electron chi connectivity index (χ2n) is 6.90. The molecule has 0 bridgehead atoms. The maximum atomic E-state index is 13.1. The van der Waals surface area contributed by atoms with Gasteiger partial charge in [0.2, 0.25) is 5.91 Å². The van der Waals surface area contributed by atoms with E-state index in [0.717, 1.165) is 17.5 Å². The van der Waals surface area contributed by atoms with E-state index >= 15 is 0 Å². The maximum Gasteiger partial charge on any atom is 0.246 e. The number of amides is 1. The van der Waals surface area contributed by atoms with Gasteiger partial charge in [0.15, 0.2) is 0 Å². The summed E-state index contributed by atoms with van der Waals surface area (Å²) >= 11 is 0. The second kappa shape index (κ2) is 8.71. The van der Waals surface area contributed by atoms with Gasteiger partial charge in [0.25, 0.3) is 0 Å². The van der Waals surface area contributed by atoms with E-state index in [-0.39, 0.29) is 11.7 Å². The van der Waals surface area contributed by atoms with E-state index < -0.39 is 6.04 Å². The molecule has 0 saturated carbocycles. The van der Waals surface area contributed by atoms with Crippen LogP contribution in [0.25, 0.3) is 10.9 Å². The van der Waals surface area contributed by atoms with Gasteiger partial charge in [-0.3, -0.25) is 4.79 Å². The third-order valence-corrected chi connectivity index (χ3v) is 4.92. The summed E-state index contributed by atoms with van der Waals surface area (Å²) < 4.78 is 13.1. The van der Waals surface area contributed by atoms with E-state index in [0.29, 0.717) is 12.2 Å². The van der Waals surface area contributed by atoms with E-state index in [2.05, 4.69) is 27.8 Å². The molecule has 0 saturated heterocycles. The highest BCUT2D eigenvalue weighted by Crippen LogP contribution is 2.19. The van der Waals surface area contributed by atoms with Crippen molar-refractivity contribution in [1.29, 1.82) is 0 Å². The number of H-pyrrole nitrogens is 1. The standard InChI is InChI=1S/C24H22FN3O/c25-19-10-12-20(13-11-19)28-24(29)23(17-6-2-1-3-7-17)26-15-14-18-16-27-22-9-5-4-8-21(18)22/h1-13,16,23,26-27H,14-15H2,(H,28,29)/t23-/m0/s1. The molecule has 0 fully saturated rings. The van der Waals surface area contributed by atoms with Gasteiger partial charge in [-0.1, -0.05) is 48.5 Å². The van der Waals surface area contributed by atoms with Crippen LogP contribution in [0.3, 0.4) is 0 Å². The van der Waals surface area contributed by atoms with Gasteiger partial charge in [-0.05, 0) is 47.9 Å². The van der Waals surface area contributed by atoms with E-state index in [9.17, 15) is 9.18 Å². The number of hydrogen-bond donors (Lipinski definition) is 3. The van der Waals surface area contributed by atoms with Crippen LogP contribution < -0.4 is 10.6 Å². The van der Waals surface area contributed by atoms with Crippen LogP contribution in [0.4, 0.5) is 10.1 Å². The zero-order chi connectivity index (χ0) is 20.1. The molecule has 1 atom stereocenters. The topological polar surface area (TPSA) is 56.9 Å². The average Bonchev–Trinajstić information content (AvgIpc) is 3.16. The van der Waals surface area contributed by atoms with Crippen molar-refractivity contribution in [3.63, 3.8) is 0 Å². The molecule has 0 spiro atoms. The molecule has 0 aliphatic carbocycles. The Morgan fingerprint density at radius 2 is 1.66 bits per heavy atom. The Morgan fingerprint density at radius 1 is 0.931 bits per heavy atom. The van der Waals surface area contributed by atoms with E-state index in [1.807, 2.05) is 48.7 Å². The number of rotatable bonds is 7. The van der Waals surface area contributed by atoms with E-state index in [4.69, 9.17) is 0 Å². The number of carbonyl (C=O) groups is 1. The van der Waals surface area contributed by atoms with E-state index in [1.54, 1.807) is 12.1 Å². The maximum absolute atomic E-state index is 13.1. The molecule has 4 aromatic rings. The fraction of sp³-hybridized carbons (Fsp3) is 0.125. The molecule has 0 radical (unpaired) electrons. The minimum Gasteiger partial charge on any atom is -0.361 e. The molecule has 0 aliphatic heterocycles. The summed E-state index contributed by atoms with van der Waals surface area (Å²) in [6.45, 7) is 0.637. The Kier molecular flexibility index (Phi) is 5.68. The zero-order valence-corrected chi connectivity index (χ0v) is 15.9. The number of aromatic amines is 1. The molecule has 5 heteroatoms. The summed E-state index contributed by atoms with van der Waals surface area (Å²) in [7, 11) is 0. The third kappa shape index (κ3) is 4.52. The van der Waals surface area contributed by atoms with Crippen LogP contribution in [0, 0.1) is 5.82 Å². The quantitative estimate of drug-likeness (QED) is 0.426. The first-order valence-corrected chi connectivity index (χ1v) is 9.60. The van der Waals surface area contributed by atoms with Crippen molar-refractivity contribution in [1.82, 2.24) is 10.3 Å². The Balaban J connectivity index is 1.47. The van der Waals surface area contributed by atoms with Gasteiger partial charge in [-0.25, -0.2) is 4.39 Å². The summed E-state index contributed by atoms with van der Waals surface area (Å²) in [6.07, 6.45) is 2.81. The van der Waals surface area contributed by atoms with Crippen LogP contribution >= 0.6 is 0 Å². The Labute approximate surface area is 168 Å². The molecule has 3 N–H and O–H groups in total. The van der Waals surface area contributed by atoms with Crippen molar-refractivity contribution in [3.05, 3.63) is 102 Å². The first-order chi connectivity index (χ1) is 14.2. The third-order valence-electron chi connectivity index (χ3n) is 4.92. The molecule has 4 rings (SSSR count). The molecule has 0 unspecified atom stereocenters. The Hall–Kier alpha value is -3.44.